The predicted molar refractivity (Wildman–Crippen MR) is 72.6 cm³/mol. The fourth-order valence-corrected chi connectivity index (χ4v) is 1.77. The Morgan fingerprint density at radius 1 is 1.35 bits per heavy atom. The molecule has 1 atom stereocenters. The third-order valence-electron chi connectivity index (χ3n) is 2.60. The van der Waals surface area contributed by atoms with Crippen LogP contribution in [0.25, 0.3) is 0 Å². The third kappa shape index (κ3) is 4.63. The van der Waals surface area contributed by atoms with Gasteiger partial charge in [-0.2, -0.15) is 0 Å². The van der Waals surface area contributed by atoms with Gasteiger partial charge in [0, 0.05) is 12.2 Å². The molecule has 0 fully saturated rings. The third-order valence-corrected chi connectivity index (χ3v) is 2.60. The Hall–Kier alpha value is -1.25. The fraction of sp³-hybridized carbons (Fsp3) is 0.643. The van der Waals surface area contributed by atoms with Crippen LogP contribution in [0.2, 0.25) is 0 Å². The standard InChI is InChI=1S/C14H24N2O/c1-5-8-12(6-2)16-14-13(17-11(3)4)9-7-10-15-14/h7,9-12H,5-6,8H2,1-4H3,(H,15,16). The highest BCUT2D eigenvalue weighted by Gasteiger charge is 2.10. The maximum atomic E-state index is 5.74. The highest BCUT2D eigenvalue weighted by Crippen LogP contribution is 2.24. The quantitative estimate of drug-likeness (QED) is 0.780. The Morgan fingerprint density at radius 2 is 2.12 bits per heavy atom. The Bertz CT molecular complexity index is 326. The van der Waals surface area contributed by atoms with Crippen molar-refractivity contribution in [3.05, 3.63) is 18.3 Å². The Morgan fingerprint density at radius 3 is 2.71 bits per heavy atom. The largest absolute Gasteiger partial charge is 0.487 e. The second-order valence-corrected chi connectivity index (χ2v) is 4.55. The van der Waals surface area contributed by atoms with Gasteiger partial charge in [-0.15, -0.1) is 0 Å². The molecule has 1 rings (SSSR count). The molecule has 0 amide bonds. The Kier molecular flexibility index (Phi) is 5.81. The lowest BCUT2D eigenvalue weighted by Gasteiger charge is -2.20. The van der Waals surface area contributed by atoms with Crippen molar-refractivity contribution in [2.45, 2.75) is 59.1 Å². The molecule has 3 heteroatoms. The number of aromatic nitrogens is 1. The topological polar surface area (TPSA) is 34.2 Å². The van der Waals surface area contributed by atoms with Gasteiger partial charge in [0.2, 0.25) is 0 Å². The lowest BCUT2D eigenvalue weighted by atomic mass is 10.1. The average Bonchev–Trinajstić information content (AvgIpc) is 2.30. The SMILES string of the molecule is CCCC(CC)Nc1ncccc1OC(C)C. The summed E-state index contributed by atoms with van der Waals surface area (Å²) in [6, 6.07) is 4.35. The van der Waals surface area contributed by atoms with Crippen molar-refractivity contribution in [1.29, 1.82) is 0 Å². The number of pyridine rings is 1. The lowest BCUT2D eigenvalue weighted by molar-refractivity contribution is 0.242. The zero-order chi connectivity index (χ0) is 12.7. The Labute approximate surface area is 105 Å². The molecule has 1 aromatic rings. The average molecular weight is 236 g/mol. The first-order chi connectivity index (χ1) is 8.17. The van der Waals surface area contributed by atoms with Crippen LogP contribution in [0, 0.1) is 0 Å². The summed E-state index contributed by atoms with van der Waals surface area (Å²) in [6.07, 6.45) is 5.41. The maximum absolute atomic E-state index is 5.74. The van der Waals surface area contributed by atoms with E-state index in [1.54, 1.807) is 6.20 Å². The van der Waals surface area contributed by atoms with Gasteiger partial charge in [0.1, 0.15) is 0 Å². The van der Waals surface area contributed by atoms with Crippen LogP contribution in [-0.2, 0) is 0 Å². The van der Waals surface area contributed by atoms with Crippen molar-refractivity contribution in [2.75, 3.05) is 5.32 Å². The van der Waals surface area contributed by atoms with E-state index in [9.17, 15) is 0 Å². The predicted octanol–water partition coefficient (Wildman–Crippen LogP) is 3.86. The van der Waals surface area contributed by atoms with E-state index in [0.29, 0.717) is 6.04 Å². The number of nitrogens with zero attached hydrogens (tertiary/aromatic N) is 1. The van der Waals surface area contributed by atoms with Crippen molar-refractivity contribution in [2.24, 2.45) is 0 Å². The molecule has 1 N–H and O–H groups in total. The van der Waals surface area contributed by atoms with Gasteiger partial charge in [-0.05, 0) is 38.8 Å². The normalized spacial score (nSPS) is 12.5. The molecule has 1 aromatic heterocycles. The Balaban J connectivity index is 2.74. The first-order valence-corrected chi connectivity index (χ1v) is 6.55. The minimum Gasteiger partial charge on any atom is -0.487 e. The molecule has 96 valence electrons. The van der Waals surface area contributed by atoms with Gasteiger partial charge in [0.15, 0.2) is 11.6 Å². The molecule has 0 saturated carbocycles. The first-order valence-electron chi connectivity index (χ1n) is 6.55. The first kappa shape index (κ1) is 13.8. The molecule has 0 aromatic carbocycles. The van der Waals surface area contributed by atoms with Crippen LogP contribution in [0.1, 0.15) is 47.0 Å². The van der Waals surface area contributed by atoms with Gasteiger partial charge >= 0.3 is 0 Å². The molecule has 0 saturated heterocycles. The number of hydrogen-bond acceptors (Lipinski definition) is 3. The molecular formula is C14H24N2O. The molecule has 1 unspecified atom stereocenters. The van der Waals surface area contributed by atoms with Crippen LogP contribution in [-0.4, -0.2) is 17.1 Å². The maximum Gasteiger partial charge on any atom is 0.168 e. The van der Waals surface area contributed by atoms with Crippen LogP contribution in [0.3, 0.4) is 0 Å². The van der Waals surface area contributed by atoms with Crippen molar-refractivity contribution < 1.29 is 4.74 Å². The van der Waals surface area contributed by atoms with E-state index in [1.807, 2.05) is 26.0 Å². The second-order valence-electron chi connectivity index (χ2n) is 4.55. The minimum atomic E-state index is 0.172. The molecular weight excluding hydrogens is 212 g/mol. The summed E-state index contributed by atoms with van der Waals surface area (Å²) in [5.74, 6) is 1.71. The molecule has 0 bridgehead atoms. The summed E-state index contributed by atoms with van der Waals surface area (Å²) in [6.45, 7) is 8.45. The van der Waals surface area contributed by atoms with Gasteiger partial charge < -0.3 is 10.1 Å². The van der Waals surface area contributed by atoms with E-state index < -0.39 is 0 Å². The summed E-state index contributed by atoms with van der Waals surface area (Å²) in [5, 5.41) is 3.47. The summed E-state index contributed by atoms with van der Waals surface area (Å²) < 4.78 is 5.74. The van der Waals surface area contributed by atoms with Gasteiger partial charge in [0.25, 0.3) is 0 Å². The molecule has 17 heavy (non-hydrogen) atoms. The van der Waals surface area contributed by atoms with Crippen LogP contribution >= 0.6 is 0 Å². The van der Waals surface area contributed by atoms with E-state index in [0.717, 1.165) is 24.4 Å². The molecule has 0 spiro atoms. The number of nitrogens with one attached hydrogen (secondary N) is 1. The van der Waals surface area contributed by atoms with E-state index in [4.69, 9.17) is 4.74 Å². The van der Waals surface area contributed by atoms with E-state index in [1.165, 1.54) is 6.42 Å². The minimum absolute atomic E-state index is 0.172. The molecule has 1 heterocycles. The summed E-state index contributed by atoms with van der Waals surface area (Å²) in [4.78, 5) is 4.37. The van der Waals surface area contributed by atoms with Crippen molar-refractivity contribution >= 4 is 5.82 Å². The molecule has 0 aliphatic rings. The number of hydrogen-bond donors (Lipinski definition) is 1. The lowest BCUT2D eigenvalue weighted by Crippen LogP contribution is -2.20. The van der Waals surface area contributed by atoms with Crippen LogP contribution < -0.4 is 10.1 Å². The number of anilines is 1. The van der Waals surface area contributed by atoms with E-state index >= 15 is 0 Å². The smallest absolute Gasteiger partial charge is 0.168 e. The van der Waals surface area contributed by atoms with Crippen LogP contribution in [0.4, 0.5) is 5.82 Å². The fourth-order valence-electron chi connectivity index (χ4n) is 1.77. The van der Waals surface area contributed by atoms with Gasteiger partial charge in [-0.25, -0.2) is 4.98 Å². The molecule has 0 aliphatic heterocycles. The van der Waals surface area contributed by atoms with Gasteiger partial charge in [0.05, 0.1) is 6.10 Å². The summed E-state index contributed by atoms with van der Waals surface area (Å²) in [7, 11) is 0. The number of ether oxygens (including phenoxy) is 1. The zero-order valence-electron chi connectivity index (χ0n) is 11.4. The molecule has 0 aliphatic carbocycles. The second kappa shape index (κ2) is 7.15. The van der Waals surface area contributed by atoms with E-state index in [-0.39, 0.29) is 6.10 Å². The summed E-state index contributed by atoms with van der Waals surface area (Å²) in [5.41, 5.74) is 0. The molecule has 0 radical (unpaired) electrons. The highest BCUT2D eigenvalue weighted by molar-refractivity contribution is 5.50. The number of rotatable bonds is 7. The van der Waals surface area contributed by atoms with Gasteiger partial charge in [-0.1, -0.05) is 20.3 Å². The van der Waals surface area contributed by atoms with Crippen molar-refractivity contribution in [3.63, 3.8) is 0 Å². The highest BCUT2D eigenvalue weighted by atomic mass is 16.5. The van der Waals surface area contributed by atoms with Crippen molar-refractivity contribution in [1.82, 2.24) is 4.98 Å². The zero-order valence-corrected chi connectivity index (χ0v) is 11.4. The van der Waals surface area contributed by atoms with Gasteiger partial charge in [-0.3, -0.25) is 0 Å². The summed E-state index contributed by atoms with van der Waals surface area (Å²) >= 11 is 0. The van der Waals surface area contributed by atoms with E-state index in [2.05, 4.69) is 24.1 Å². The van der Waals surface area contributed by atoms with Crippen molar-refractivity contribution in [3.8, 4) is 5.75 Å². The monoisotopic (exact) mass is 236 g/mol. The molecule has 3 nitrogen and oxygen atoms in total. The van der Waals surface area contributed by atoms with Crippen LogP contribution in [0.15, 0.2) is 18.3 Å². The van der Waals surface area contributed by atoms with Crippen LogP contribution in [0.5, 0.6) is 5.75 Å².